The molecule has 0 bridgehead atoms. The second-order valence-electron chi connectivity index (χ2n) is 5.82. The summed E-state index contributed by atoms with van der Waals surface area (Å²) in [5.74, 6) is -0.595. The maximum atomic E-state index is 12.7. The van der Waals surface area contributed by atoms with E-state index in [4.69, 9.17) is 0 Å². The van der Waals surface area contributed by atoms with E-state index < -0.39 is 22.1 Å². The highest BCUT2D eigenvalue weighted by atomic mass is 32.2. The van der Waals surface area contributed by atoms with E-state index in [-0.39, 0.29) is 16.5 Å². The molecule has 0 unspecified atom stereocenters. The average molecular weight is 370 g/mol. The number of carbonyl (C=O) groups excluding carboxylic acids is 2. The molecule has 2 rings (SSSR count). The molecule has 1 saturated heterocycles. The van der Waals surface area contributed by atoms with Crippen molar-refractivity contribution in [3.63, 3.8) is 0 Å². The third-order valence-corrected chi connectivity index (χ3v) is 5.81. The van der Waals surface area contributed by atoms with E-state index >= 15 is 0 Å². The van der Waals surface area contributed by atoms with Gasteiger partial charge in [-0.05, 0) is 37.5 Å². The minimum atomic E-state index is -3.79. The van der Waals surface area contributed by atoms with Gasteiger partial charge in [0.25, 0.3) is 0 Å². The molecule has 1 aromatic carbocycles. The lowest BCUT2D eigenvalue weighted by molar-refractivity contribution is 0.0600. The van der Waals surface area contributed by atoms with Gasteiger partial charge in [-0.25, -0.2) is 22.7 Å². The van der Waals surface area contributed by atoms with Crippen LogP contribution in [-0.4, -0.2) is 58.7 Å². The quantitative estimate of drug-likeness (QED) is 0.802. The van der Waals surface area contributed by atoms with Crippen LogP contribution in [0.1, 0.15) is 28.8 Å². The van der Waals surface area contributed by atoms with Crippen molar-refractivity contribution < 1.29 is 27.5 Å². The van der Waals surface area contributed by atoms with E-state index in [9.17, 15) is 18.0 Å². The lowest BCUT2D eigenvalue weighted by Crippen LogP contribution is -2.46. The summed E-state index contributed by atoms with van der Waals surface area (Å²) < 4.78 is 37.3. The molecule has 1 N–H and O–H groups in total. The number of hydrogen-bond donors (Lipinski definition) is 1. The van der Waals surface area contributed by atoms with Crippen molar-refractivity contribution in [3.05, 3.63) is 29.3 Å². The number of esters is 1. The first kappa shape index (κ1) is 19.2. The highest BCUT2D eigenvalue weighted by Crippen LogP contribution is 2.20. The fourth-order valence-corrected chi connectivity index (χ4v) is 4.30. The SMILES string of the molecule is COC(=O)c1ccc(C)c(S(=O)(=O)NC2CCN(C(=O)OC)CC2)c1. The minimum Gasteiger partial charge on any atom is -0.465 e. The van der Waals surface area contributed by atoms with E-state index in [0.29, 0.717) is 31.5 Å². The fraction of sp³-hybridized carbons (Fsp3) is 0.500. The summed E-state index contributed by atoms with van der Waals surface area (Å²) in [4.78, 5) is 24.7. The third-order valence-electron chi connectivity index (χ3n) is 4.15. The number of likely N-dealkylation sites (tertiary alicyclic amines) is 1. The van der Waals surface area contributed by atoms with Gasteiger partial charge in [-0.1, -0.05) is 6.07 Å². The average Bonchev–Trinajstić information content (AvgIpc) is 2.61. The number of piperidine rings is 1. The maximum Gasteiger partial charge on any atom is 0.409 e. The highest BCUT2D eigenvalue weighted by Gasteiger charge is 2.28. The number of aryl methyl sites for hydroxylation is 1. The van der Waals surface area contributed by atoms with Crippen LogP contribution in [0.4, 0.5) is 4.79 Å². The van der Waals surface area contributed by atoms with Crippen molar-refractivity contribution >= 4 is 22.1 Å². The summed E-state index contributed by atoms with van der Waals surface area (Å²) in [5, 5.41) is 0. The lowest BCUT2D eigenvalue weighted by Gasteiger charge is -2.31. The van der Waals surface area contributed by atoms with Crippen molar-refractivity contribution in [2.45, 2.75) is 30.7 Å². The molecule has 1 aliphatic rings. The fourth-order valence-electron chi connectivity index (χ4n) is 2.73. The first-order valence-electron chi connectivity index (χ1n) is 7.82. The van der Waals surface area contributed by atoms with Crippen molar-refractivity contribution in [1.82, 2.24) is 9.62 Å². The second kappa shape index (κ2) is 7.83. The van der Waals surface area contributed by atoms with Gasteiger partial charge in [0.1, 0.15) is 0 Å². The smallest absolute Gasteiger partial charge is 0.409 e. The zero-order chi connectivity index (χ0) is 18.6. The topological polar surface area (TPSA) is 102 Å². The van der Waals surface area contributed by atoms with Crippen LogP contribution < -0.4 is 4.72 Å². The van der Waals surface area contributed by atoms with Crippen LogP contribution in [0.15, 0.2) is 23.1 Å². The Morgan fingerprint density at radius 3 is 2.36 bits per heavy atom. The van der Waals surface area contributed by atoms with Gasteiger partial charge in [-0.2, -0.15) is 0 Å². The van der Waals surface area contributed by atoms with Gasteiger partial charge in [-0.3, -0.25) is 0 Å². The zero-order valence-corrected chi connectivity index (χ0v) is 15.3. The third kappa shape index (κ3) is 4.49. The number of benzene rings is 1. The highest BCUT2D eigenvalue weighted by molar-refractivity contribution is 7.89. The van der Waals surface area contributed by atoms with E-state index in [1.54, 1.807) is 13.0 Å². The summed E-state index contributed by atoms with van der Waals surface area (Å²) in [6, 6.07) is 4.12. The Hall–Kier alpha value is -2.13. The van der Waals surface area contributed by atoms with Crippen molar-refractivity contribution in [2.75, 3.05) is 27.3 Å². The Morgan fingerprint density at radius 2 is 1.80 bits per heavy atom. The number of rotatable bonds is 4. The zero-order valence-electron chi connectivity index (χ0n) is 14.4. The molecule has 1 fully saturated rings. The number of nitrogens with zero attached hydrogens (tertiary/aromatic N) is 1. The molecule has 0 aliphatic carbocycles. The molecule has 0 saturated carbocycles. The van der Waals surface area contributed by atoms with Crippen LogP contribution in [-0.2, 0) is 19.5 Å². The Kier molecular flexibility index (Phi) is 6.02. The predicted octanol–water partition coefficient (Wildman–Crippen LogP) is 1.29. The first-order valence-corrected chi connectivity index (χ1v) is 9.31. The van der Waals surface area contributed by atoms with Gasteiger partial charge in [0.2, 0.25) is 10.0 Å². The van der Waals surface area contributed by atoms with Crippen LogP contribution in [0, 0.1) is 6.92 Å². The number of methoxy groups -OCH3 is 2. The summed E-state index contributed by atoms with van der Waals surface area (Å²) >= 11 is 0. The molecule has 1 aromatic rings. The van der Waals surface area contributed by atoms with Gasteiger partial charge in [0.05, 0.1) is 24.7 Å². The molecule has 0 radical (unpaired) electrons. The Labute approximate surface area is 147 Å². The molecule has 0 atom stereocenters. The van der Waals surface area contributed by atoms with E-state index in [1.165, 1.54) is 31.3 Å². The number of hydrogen-bond acceptors (Lipinski definition) is 6. The molecule has 0 spiro atoms. The largest absolute Gasteiger partial charge is 0.465 e. The molecule has 138 valence electrons. The first-order chi connectivity index (χ1) is 11.8. The summed E-state index contributed by atoms with van der Waals surface area (Å²) in [6.45, 7) is 2.50. The molecular weight excluding hydrogens is 348 g/mol. The standard InChI is InChI=1S/C16H22N2O6S/c1-11-4-5-12(15(19)23-2)10-14(11)25(21,22)17-13-6-8-18(9-7-13)16(20)24-3/h4-5,10,13,17H,6-9H2,1-3H3. The number of carbonyl (C=O) groups is 2. The Bertz CT molecular complexity index is 754. The van der Waals surface area contributed by atoms with Crippen LogP contribution in [0.3, 0.4) is 0 Å². The minimum absolute atomic E-state index is 0.0470. The summed E-state index contributed by atoms with van der Waals surface area (Å²) in [7, 11) is -1.24. The van der Waals surface area contributed by atoms with Crippen LogP contribution in [0.5, 0.6) is 0 Å². The number of sulfonamides is 1. The Morgan fingerprint density at radius 1 is 1.16 bits per heavy atom. The number of amides is 1. The van der Waals surface area contributed by atoms with Crippen LogP contribution in [0.2, 0.25) is 0 Å². The van der Waals surface area contributed by atoms with Gasteiger partial charge in [-0.15, -0.1) is 0 Å². The number of ether oxygens (including phenoxy) is 2. The van der Waals surface area contributed by atoms with Crippen molar-refractivity contribution in [1.29, 1.82) is 0 Å². The molecule has 1 heterocycles. The molecule has 9 heteroatoms. The molecule has 8 nitrogen and oxygen atoms in total. The lowest BCUT2D eigenvalue weighted by atomic mass is 10.1. The molecule has 0 aromatic heterocycles. The number of nitrogens with one attached hydrogen (secondary N) is 1. The maximum absolute atomic E-state index is 12.7. The van der Waals surface area contributed by atoms with E-state index in [0.717, 1.165) is 0 Å². The van der Waals surface area contributed by atoms with Crippen molar-refractivity contribution in [3.8, 4) is 0 Å². The second-order valence-corrected chi connectivity index (χ2v) is 7.51. The van der Waals surface area contributed by atoms with Gasteiger partial charge < -0.3 is 14.4 Å². The monoisotopic (exact) mass is 370 g/mol. The molecule has 25 heavy (non-hydrogen) atoms. The predicted molar refractivity (Wildman–Crippen MR) is 89.8 cm³/mol. The molecule has 1 aliphatic heterocycles. The van der Waals surface area contributed by atoms with Gasteiger partial charge >= 0.3 is 12.1 Å². The van der Waals surface area contributed by atoms with Gasteiger partial charge in [0.15, 0.2) is 0 Å². The molecular formula is C16H22N2O6S. The van der Waals surface area contributed by atoms with Gasteiger partial charge in [0, 0.05) is 19.1 Å². The Balaban J connectivity index is 2.12. The van der Waals surface area contributed by atoms with Crippen LogP contribution in [0.25, 0.3) is 0 Å². The van der Waals surface area contributed by atoms with E-state index in [2.05, 4.69) is 14.2 Å². The van der Waals surface area contributed by atoms with E-state index in [1.807, 2.05) is 0 Å². The summed E-state index contributed by atoms with van der Waals surface area (Å²) in [6.07, 6.45) is 0.566. The summed E-state index contributed by atoms with van der Waals surface area (Å²) in [5.41, 5.74) is 0.709. The normalized spacial score (nSPS) is 15.7. The van der Waals surface area contributed by atoms with Crippen LogP contribution >= 0.6 is 0 Å². The molecule has 1 amide bonds. The van der Waals surface area contributed by atoms with Crippen molar-refractivity contribution in [2.24, 2.45) is 0 Å².